The minimum Gasteiger partial charge on any atom is -0.497 e. The third kappa shape index (κ3) is 4.62. The molecule has 3 rings (SSSR count). The van der Waals surface area contributed by atoms with Gasteiger partial charge in [0.1, 0.15) is 11.4 Å². The number of nitrogens with zero attached hydrogens (tertiary/aromatic N) is 3. The molecule has 6 nitrogen and oxygen atoms in total. The van der Waals surface area contributed by atoms with E-state index in [0.717, 1.165) is 24.2 Å². The maximum atomic E-state index is 12.2. The van der Waals surface area contributed by atoms with Crippen molar-refractivity contribution in [3.05, 3.63) is 42.4 Å². The SMILES string of the molecule is COc1ccc(-c2cncc(C(=O)NN=CC3CCCCC3)n2)cc1. The van der Waals surface area contributed by atoms with Crippen molar-refractivity contribution in [2.24, 2.45) is 11.0 Å². The van der Waals surface area contributed by atoms with Crippen molar-refractivity contribution in [1.82, 2.24) is 15.4 Å². The van der Waals surface area contributed by atoms with Crippen LogP contribution in [-0.4, -0.2) is 29.2 Å². The number of aromatic nitrogens is 2. The molecule has 0 spiro atoms. The van der Waals surface area contributed by atoms with Gasteiger partial charge in [0.05, 0.1) is 25.2 Å². The number of carbonyl (C=O) groups is 1. The molecule has 0 bridgehead atoms. The first-order valence-electron chi connectivity index (χ1n) is 8.56. The van der Waals surface area contributed by atoms with Gasteiger partial charge < -0.3 is 4.74 Å². The Bertz CT molecular complexity index is 737. The van der Waals surface area contributed by atoms with Crippen LogP contribution < -0.4 is 10.2 Å². The molecule has 0 aliphatic heterocycles. The van der Waals surface area contributed by atoms with Crippen LogP contribution in [-0.2, 0) is 0 Å². The highest BCUT2D eigenvalue weighted by molar-refractivity contribution is 5.92. The van der Waals surface area contributed by atoms with Crippen molar-refractivity contribution in [2.45, 2.75) is 32.1 Å². The quantitative estimate of drug-likeness (QED) is 0.669. The van der Waals surface area contributed by atoms with Gasteiger partial charge in [0, 0.05) is 11.8 Å². The van der Waals surface area contributed by atoms with Gasteiger partial charge in [0.25, 0.3) is 5.91 Å². The zero-order valence-electron chi connectivity index (χ0n) is 14.3. The number of hydrogen-bond donors (Lipinski definition) is 1. The second-order valence-corrected chi connectivity index (χ2v) is 6.14. The lowest BCUT2D eigenvalue weighted by atomic mass is 9.90. The summed E-state index contributed by atoms with van der Waals surface area (Å²) >= 11 is 0. The summed E-state index contributed by atoms with van der Waals surface area (Å²) in [6.07, 6.45) is 11.0. The summed E-state index contributed by atoms with van der Waals surface area (Å²) in [5.74, 6) is 0.878. The van der Waals surface area contributed by atoms with Gasteiger partial charge in [-0.05, 0) is 43.0 Å². The van der Waals surface area contributed by atoms with Crippen molar-refractivity contribution in [3.63, 3.8) is 0 Å². The minimum absolute atomic E-state index is 0.245. The molecular weight excluding hydrogens is 316 g/mol. The van der Waals surface area contributed by atoms with E-state index in [4.69, 9.17) is 4.74 Å². The largest absolute Gasteiger partial charge is 0.497 e. The number of hydrogen-bond acceptors (Lipinski definition) is 5. The predicted octanol–water partition coefficient (Wildman–Crippen LogP) is 3.45. The lowest BCUT2D eigenvalue weighted by Gasteiger charge is -2.16. The van der Waals surface area contributed by atoms with Gasteiger partial charge >= 0.3 is 0 Å². The van der Waals surface area contributed by atoms with Crippen LogP contribution in [0.3, 0.4) is 0 Å². The van der Waals surface area contributed by atoms with E-state index in [-0.39, 0.29) is 11.6 Å². The molecule has 1 aliphatic rings. The fourth-order valence-corrected chi connectivity index (χ4v) is 2.92. The number of ether oxygens (including phenoxy) is 1. The van der Waals surface area contributed by atoms with Gasteiger partial charge in [-0.25, -0.2) is 10.4 Å². The molecule has 1 aliphatic carbocycles. The topological polar surface area (TPSA) is 76.5 Å². The van der Waals surface area contributed by atoms with Crippen molar-refractivity contribution in [1.29, 1.82) is 0 Å². The molecule has 1 saturated carbocycles. The van der Waals surface area contributed by atoms with E-state index in [0.29, 0.717) is 11.6 Å². The fourth-order valence-electron chi connectivity index (χ4n) is 2.92. The molecule has 130 valence electrons. The first-order valence-corrected chi connectivity index (χ1v) is 8.56. The number of carbonyl (C=O) groups excluding carboxylic acids is 1. The third-order valence-corrected chi connectivity index (χ3v) is 4.35. The normalized spacial score (nSPS) is 15.2. The van der Waals surface area contributed by atoms with Crippen LogP contribution in [0.2, 0.25) is 0 Å². The smallest absolute Gasteiger partial charge is 0.291 e. The Hall–Kier alpha value is -2.76. The Balaban J connectivity index is 1.65. The molecule has 1 fully saturated rings. The molecule has 25 heavy (non-hydrogen) atoms. The average molecular weight is 338 g/mol. The van der Waals surface area contributed by atoms with Crippen LogP contribution >= 0.6 is 0 Å². The highest BCUT2D eigenvalue weighted by atomic mass is 16.5. The van der Waals surface area contributed by atoms with Crippen LogP contribution in [0.4, 0.5) is 0 Å². The maximum Gasteiger partial charge on any atom is 0.291 e. The van der Waals surface area contributed by atoms with Crippen molar-refractivity contribution in [2.75, 3.05) is 7.11 Å². The summed E-state index contributed by atoms with van der Waals surface area (Å²) in [6.45, 7) is 0. The summed E-state index contributed by atoms with van der Waals surface area (Å²) in [7, 11) is 1.62. The molecule has 1 aromatic carbocycles. The van der Waals surface area contributed by atoms with E-state index in [1.807, 2.05) is 30.5 Å². The Kier molecular flexibility index (Phi) is 5.72. The monoisotopic (exact) mass is 338 g/mol. The molecule has 1 N–H and O–H groups in total. The highest BCUT2D eigenvalue weighted by Crippen LogP contribution is 2.22. The van der Waals surface area contributed by atoms with Crippen LogP contribution in [0.25, 0.3) is 11.3 Å². The molecule has 1 heterocycles. The summed E-state index contributed by atoms with van der Waals surface area (Å²) in [6, 6.07) is 7.45. The molecule has 0 atom stereocenters. The van der Waals surface area contributed by atoms with Crippen LogP contribution in [0.5, 0.6) is 5.75 Å². The number of amides is 1. The zero-order valence-corrected chi connectivity index (χ0v) is 14.3. The first-order chi connectivity index (χ1) is 12.3. The van der Waals surface area contributed by atoms with Crippen molar-refractivity contribution >= 4 is 12.1 Å². The van der Waals surface area contributed by atoms with Crippen molar-refractivity contribution < 1.29 is 9.53 Å². The second kappa shape index (κ2) is 8.37. The molecule has 1 aromatic heterocycles. The van der Waals surface area contributed by atoms with Crippen molar-refractivity contribution in [3.8, 4) is 17.0 Å². The van der Waals surface area contributed by atoms with E-state index in [2.05, 4.69) is 20.5 Å². The fraction of sp³-hybridized carbons (Fsp3) is 0.368. The van der Waals surface area contributed by atoms with E-state index in [1.165, 1.54) is 25.5 Å². The Morgan fingerprint density at radius 2 is 1.96 bits per heavy atom. The molecule has 0 unspecified atom stereocenters. The maximum absolute atomic E-state index is 12.2. The lowest BCUT2D eigenvalue weighted by molar-refractivity contribution is 0.0949. The van der Waals surface area contributed by atoms with Crippen LogP contribution in [0.15, 0.2) is 41.8 Å². The average Bonchev–Trinajstić information content (AvgIpc) is 2.69. The van der Waals surface area contributed by atoms with Gasteiger partial charge in [0.2, 0.25) is 0 Å². The summed E-state index contributed by atoms with van der Waals surface area (Å²) in [4.78, 5) is 20.7. The van der Waals surface area contributed by atoms with E-state index in [9.17, 15) is 4.79 Å². The molecule has 0 saturated heterocycles. The zero-order chi connectivity index (χ0) is 17.5. The van der Waals surface area contributed by atoms with Gasteiger partial charge in [0.15, 0.2) is 0 Å². The predicted molar refractivity (Wildman–Crippen MR) is 96.6 cm³/mol. The van der Waals surface area contributed by atoms with Gasteiger partial charge in [-0.15, -0.1) is 0 Å². The Morgan fingerprint density at radius 3 is 2.68 bits per heavy atom. The number of benzene rings is 1. The lowest BCUT2D eigenvalue weighted by Crippen LogP contribution is -2.20. The second-order valence-electron chi connectivity index (χ2n) is 6.14. The number of rotatable bonds is 5. The Morgan fingerprint density at radius 1 is 1.20 bits per heavy atom. The minimum atomic E-state index is -0.352. The summed E-state index contributed by atoms with van der Waals surface area (Å²) < 4.78 is 5.15. The van der Waals surface area contributed by atoms with E-state index >= 15 is 0 Å². The van der Waals surface area contributed by atoms with Crippen LogP contribution in [0.1, 0.15) is 42.6 Å². The molecule has 6 heteroatoms. The summed E-state index contributed by atoms with van der Waals surface area (Å²) in [5, 5.41) is 4.09. The number of hydrazone groups is 1. The first kappa shape index (κ1) is 17.1. The van der Waals surface area contributed by atoms with Gasteiger partial charge in [-0.1, -0.05) is 19.3 Å². The summed E-state index contributed by atoms with van der Waals surface area (Å²) in [5.41, 5.74) is 4.30. The van der Waals surface area contributed by atoms with E-state index < -0.39 is 0 Å². The number of methoxy groups -OCH3 is 1. The van der Waals surface area contributed by atoms with E-state index in [1.54, 1.807) is 13.3 Å². The van der Waals surface area contributed by atoms with Crippen LogP contribution in [0, 0.1) is 5.92 Å². The number of nitrogens with one attached hydrogen (secondary N) is 1. The molecule has 0 radical (unpaired) electrons. The molecule has 1 amide bonds. The molecule has 2 aromatic rings. The molecular formula is C19H22N4O2. The van der Waals surface area contributed by atoms with Gasteiger partial charge in [-0.2, -0.15) is 5.10 Å². The third-order valence-electron chi connectivity index (χ3n) is 4.35. The highest BCUT2D eigenvalue weighted by Gasteiger charge is 2.12. The Labute approximate surface area is 147 Å². The standard InChI is InChI=1S/C19H22N4O2/c1-25-16-9-7-15(8-10-16)17-12-20-13-18(22-17)19(24)23-21-11-14-5-3-2-4-6-14/h7-14H,2-6H2,1H3,(H,23,24). The van der Waals surface area contributed by atoms with Gasteiger partial charge in [-0.3, -0.25) is 9.78 Å².